The van der Waals surface area contributed by atoms with Gasteiger partial charge < -0.3 is 15.1 Å². The average Bonchev–Trinajstić information content (AvgIpc) is 2.85. The van der Waals surface area contributed by atoms with Crippen LogP contribution in [0, 0.1) is 0 Å². The minimum absolute atomic E-state index is 0.504. The van der Waals surface area contributed by atoms with Crippen LogP contribution in [0.3, 0.4) is 0 Å². The molecule has 2 heterocycles. The van der Waals surface area contributed by atoms with Crippen molar-refractivity contribution in [3.05, 3.63) is 30.2 Å². The molecule has 0 fully saturated rings. The van der Waals surface area contributed by atoms with Gasteiger partial charge in [-0.15, -0.1) is 0 Å². The smallest absolute Gasteiger partial charge is 0.213 e. The Morgan fingerprint density at radius 1 is 1.11 bits per heavy atom. The predicted molar refractivity (Wildman–Crippen MR) is 69.4 cm³/mol. The van der Waals surface area contributed by atoms with Gasteiger partial charge in [0.15, 0.2) is 0 Å². The number of hydrogen-bond acceptors (Lipinski definition) is 6. The number of hydrogen-bond donors (Lipinski definition) is 2. The highest BCUT2D eigenvalue weighted by Crippen LogP contribution is 2.09. The zero-order chi connectivity index (χ0) is 12.8. The van der Waals surface area contributed by atoms with E-state index in [0.717, 1.165) is 24.5 Å². The lowest BCUT2D eigenvalue weighted by Crippen LogP contribution is -2.05. The largest absolute Gasteiger partial charge is 0.444 e. The Labute approximate surface area is 106 Å². The summed E-state index contributed by atoms with van der Waals surface area (Å²) in [6.07, 6.45) is 5.96. The topological polar surface area (TPSA) is 75.9 Å². The number of oxazole rings is 1. The summed E-state index contributed by atoms with van der Waals surface area (Å²) in [4.78, 5) is 12.6. The van der Waals surface area contributed by atoms with E-state index in [4.69, 9.17) is 4.42 Å². The van der Waals surface area contributed by atoms with Gasteiger partial charge in [-0.1, -0.05) is 6.92 Å². The van der Waals surface area contributed by atoms with Crippen molar-refractivity contribution in [3.63, 3.8) is 0 Å². The Hall–Kier alpha value is -2.11. The lowest BCUT2D eigenvalue weighted by Gasteiger charge is -2.05. The number of aryl methyl sites for hydroxylation is 1. The first kappa shape index (κ1) is 12.3. The fourth-order valence-electron chi connectivity index (χ4n) is 1.48. The average molecular weight is 247 g/mol. The lowest BCUT2D eigenvalue weighted by atomic mass is 10.4. The third kappa shape index (κ3) is 3.19. The van der Waals surface area contributed by atoms with E-state index < -0.39 is 0 Å². The number of nitrogens with zero attached hydrogens (tertiary/aromatic N) is 3. The Kier molecular flexibility index (Phi) is 4.11. The maximum atomic E-state index is 5.49. The van der Waals surface area contributed by atoms with Crippen LogP contribution >= 0.6 is 0 Å². The quantitative estimate of drug-likeness (QED) is 0.813. The van der Waals surface area contributed by atoms with Crippen LogP contribution in [0.15, 0.2) is 23.0 Å². The van der Waals surface area contributed by atoms with Gasteiger partial charge >= 0.3 is 0 Å². The Bertz CT molecular complexity index is 497. The molecule has 96 valence electrons. The van der Waals surface area contributed by atoms with Gasteiger partial charge in [0.2, 0.25) is 5.89 Å². The van der Waals surface area contributed by atoms with Gasteiger partial charge in [-0.05, 0) is 6.92 Å². The normalized spacial score (nSPS) is 10.3. The Balaban J connectivity index is 1.94. The molecule has 0 spiro atoms. The first-order chi connectivity index (χ1) is 8.81. The molecule has 0 unspecified atom stereocenters. The van der Waals surface area contributed by atoms with Gasteiger partial charge in [0.25, 0.3) is 0 Å². The molecule has 0 aliphatic rings. The number of anilines is 2. The van der Waals surface area contributed by atoms with Crippen LogP contribution < -0.4 is 10.6 Å². The van der Waals surface area contributed by atoms with E-state index >= 15 is 0 Å². The van der Waals surface area contributed by atoms with Gasteiger partial charge in [-0.25, -0.2) is 9.97 Å². The summed E-state index contributed by atoms with van der Waals surface area (Å²) in [5.41, 5.74) is 0. The molecule has 0 saturated heterocycles. The monoisotopic (exact) mass is 247 g/mol. The standard InChI is InChI=1S/C12H17N5O/c1-3-9-5-16-12(18-9)8-15-11-7-13-6-10(17-11)14-4-2/h5-7H,3-4,8H2,1-2H3,(H2,14,15,17). The lowest BCUT2D eigenvalue weighted by molar-refractivity contribution is 0.465. The summed E-state index contributed by atoms with van der Waals surface area (Å²) in [7, 11) is 0. The van der Waals surface area contributed by atoms with Crippen LogP contribution in [-0.4, -0.2) is 21.5 Å². The molecule has 0 aliphatic carbocycles. The third-order valence-corrected chi connectivity index (χ3v) is 2.36. The van der Waals surface area contributed by atoms with Crippen molar-refractivity contribution in [2.24, 2.45) is 0 Å². The van der Waals surface area contributed by atoms with Crippen molar-refractivity contribution in [2.45, 2.75) is 26.8 Å². The molecular formula is C12H17N5O. The highest BCUT2D eigenvalue weighted by atomic mass is 16.4. The Morgan fingerprint density at radius 3 is 2.56 bits per heavy atom. The molecule has 0 aromatic carbocycles. The number of nitrogens with one attached hydrogen (secondary N) is 2. The second-order valence-corrected chi connectivity index (χ2v) is 3.75. The van der Waals surface area contributed by atoms with Gasteiger partial charge in [0.1, 0.15) is 17.4 Å². The van der Waals surface area contributed by atoms with Gasteiger partial charge in [0, 0.05) is 13.0 Å². The van der Waals surface area contributed by atoms with Crippen LogP contribution in [-0.2, 0) is 13.0 Å². The molecule has 0 atom stereocenters. The molecular weight excluding hydrogens is 230 g/mol. The van der Waals surface area contributed by atoms with Crippen molar-refractivity contribution in [1.29, 1.82) is 0 Å². The van der Waals surface area contributed by atoms with Crippen molar-refractivity contribution >= 4 is 11.6 Å². The molecule has 0 aliphatic heterocycles. The van der Waals surface area contributed by atoms with Crippen LogP contribution in [0.25, 0.3) is 0 Å². The van der Waals surface area contributed by atoms with Gasteiger partial charge in [0.05, 0.1) is 25.1 Å². The molecule has 0 radical (unpaired) electrons. The SMILES string of the molecule is CCNc1cncc(NCc2ncc(CC)o2)n1. The second-order valence-electron chi connectivity index (χ2n) is 3.75. The van der Waals surface area contributed by atoms with Gasteiger partial charge in [-0.2, -0.15) is 0 Å². The summed E-state index contributed by atoms with van der Waals surface area (Å²) in [6, 6.07) is 0. The van der Waals surface area contributed by atoms with Crippen molar-refractivity contribution in [2.75, 3.05) is 17.2 Å². The van der Waals surface area contributed by atoms with E-state index in [9.17, 15) is 0 Å². The highest BCUT2D eigenvalue weighted by Gasteiger charge is 2.03. The first-order valence-electron chi connectivity index (χ1n) is 6.05. The van der Waals surface area contributed by atoms with E-state index in [1.807, 2.05) is 13.8 Å². The summed E-state index contributed by atoms with van der Waals surface area (Å²) in [5.74, 6) is 3.00. The van der Waals surface area contributed by atoms with Crippen molar-refractivity contribution < 1.29 is 4.42 Å². The summed E-state index contributed by atoms with van der Waals surface area (Å²) < 4.78 is 5.49. The summed E-state index contributed by atoms with van der Waals surface area (Å²) >= 11 is 0. The molecule has 0 amide bonds. The van der Waals surface area contributed by atoms with Gasteiger partial charge in [-0.3, -0.25) is 4.98 Å². The molecule has 0 saturated carbocycles. The molecule has 6 nitrogen and oxygen atoms in total. The zero-order valence-corrected chi connectivity index (χ0v) is 10.6. The molecule has 6 heteroatoms. The minimum Gasteiger partial charge on any atom is -0.444 e. The van der Waals surface area contributed by atoms with E-state index in [1.54, 1.807) is 18.6 Å². The summed E-state index contributed by atoms with van der Waals surface area (Å²) in [6.45, 7) is 5.37. The first-order valence-corrected chi connectivity index (χ1v) is 6.05. The van der Waals surface area contributed by atoms with Crippen molar-refractivity contribution in [1.82, 2.24) is 15.0 Å². The molecule has 2 rings (SSSR count). The second kappa shape index (κ2) is 6.00. The maximum absolute atomic E-state index is 5.49. The minimum atomic E-state index is 0.504. The molecule has 2 N–H and O–H groups in total. The highest BCUT2D eigenvalue weighted by molar-refractivity contribution is 5.41. The molecule has 2 aromatic heterocycles. The zero-order valence-electron chi connectivity index (χ0n) is 10.6. The van der Waals surface area contributed by atoms with Crippen LogP contribution in [0.4, 0.5) is 11.6 Å². The molecule has 18 heavy (non-hydrogen) atoms. The predicted octanol–water partition coefficient (Wildman–Crippen LogP) is 2.07. The van der Waals surface area contributed by atoms with E-state index in [1.165, 1.54) is 0 Å². The van der Waals surface area contributed by atoms with E-state index in [0.29, 0.717) is 18.3 Å². The van der Waals surface area contributed by atoms with E-state index in [-0.39, 0.29) is 0 Å². The summed E-state index contributed by atoms with van der Waals surface area (Å²) in [5, 5.41) is 6.23. The maximum Gasteiger partial charge on any atom is 0.213 e. The fraction of sp³-hybridized carbons (Fsp3) is 0.417. The number of rotatable bonds is 6. The van der Waals surface area contributed by atoms with Crippen LogP contribution in [0.1, 0.15) is 25.5 Å². The molecule has 2 aromatic rings. The van der Waals surface area contributed by atoms with Crippen LogP contribution in [0.5, 0.6) is 0 Å². The van der Waals surface area contributed by atoms with Crippen molar-refractivity contribution in [3.8, 4) is 0 Å². The third-order valence-electron chi connectivity index (χ3n) is 2.36. The van der Waals surface area contributed by atoms with E-state index in [2.05, 4.69) is 25.6 Å². The van der Waals surface area contributed by atoms with Crippen LogP contribution in [0.2, 0.25) is 0 Å². The fourth-order valence-corrected chi connectivity index (χ4v) is 1.48. The Morgan fingerprint density at radius 2 is 1.89 bits per heavy atom. The number of aromatic nitrogens is 3. The molecule has 0 bridgehead atoms.